The number of amides is 3. The van der Waals surface area contributed by atoms with Crippen LogP contribution >= 0.6 is 54.0 Å². The Balaban J connectivity index is 0.00000225. The molecule has 2 saturated heterocycles. The van der Waals surface area contributed by atoms with E-state index in [1.165, 1.54) is 7.11 Å². The van der Waals surface area contributed by atoms with Crippen LogP contribution in [-0.4, -0.2) is 75.7 Å². The van der Waals surface area contributed by atoms with Crippen molar-refractivity contribution in [1.29, 1.82) is 0 Å². The van der Waals surface area contributed by atoms with Crippen molar-refractivity contribution >= 4 is 83.3 Å². The van der Waals surface area contributed by atoms with E-state index in [2.05, 4.69) is 90.9 Å². The Labute approximate surface area is 371 Å². The Bertz CT molecular complexity index is 2050. The number of carbonyl (C=O) groups is 3. The van der Waals surface area contributed by atoms with Crippen molar-refractivity contribution in [3.63, 3.8) is 0 Å². The van der Waals surface area contributed by atoms with Crippen molar-refractivity contribution in [2.24, 2.45) is 22.7 Å². The van der Waals surface area contributed by atoms with Gasteiger partial charge in [-0.05, 0) is 83.0 Å². The Morgan fingerprint density at radius 1 is 0.724 bits per heavy atom. The van der Waals surface area contributed by atoms with Crippen molar-refractivity contribution in [3.05, 3.63) is 84.3 Å². The van der Waals surface area contributed by atoms with Crippen LogP contribution in [0.15, 0.2) is 77.9 Å². The summed E-state index contributed by atoms with van der Waals surface area (Å²) in [7, 11) is 1.31. The van der Waals surface area contributed by atoms with Gasteiger partial charge in [0.15, 0.2) is 0 Å². The number of carbonyl (C=O) groups excluding carboxylic acids is 3. The quantitative estimate of drug-likeness (QED) is 0.165. The summed E-state index contributed by atoms with van der Waals surface area (Å²) in [5.41, 5.74) is 9.66. The number of aromatic amines is 1. The number of benzene rings is 3. The van der Waals surface area contributed by atoms with Crippen LogP contribution in [0.5, 0.6) is 0 Å². The van der Waals surface area contributed by atoms with Crippen LogP contribution in [0.1, 0.15) is 77.7 Å². The summed E-state index contributed by atoms with van der Waals surface area (Å²) in [6.07, 6.45) is 5.67. The minimum absolute atomic E-state index is 0. The second-order valence-electron chi connectivity index (χ2n) is 15.7. The van der Waals surface area contributed by atoms with Crippen molar-refractivity contribution < 1.29 is 19.1 Å². The Hall–Kier alpha value is -3.85. The molecule has 4 heterocycles. The predicted molar refractivity (Wildman–Crippen MR) is 254 cm³/mol. The van der Waals surface area contributed by atoms with Crippen LogP contribution in [0.3, 0.4) is 0 Å². The molecule has 4 aromatic rings. The monoisotopic (exact) mass is 864 g/mol. The van der Waals surface area contributed by atoms with Gasteiger partial charge in [-0.15, -0.1) is 0 Å². The summed E-state index contributed by atoms with van der Waals surface area (Å²) in [4.78, 5) is 55.9. The molecule has 58 heavy (non-hydrogen) atoms. The number of aliphatic imine (C=N–C) groups is 1. The van der Waals surface area contributed by atoms with Gasteiger partial charge in [-0.25, -0.2) is 9.78 Å². The zero-order valence-corrected chi connectivity index (χ0v) is 38.3. The van der Waals surface area contributed by atoms with E-state index < -0.39 is 12.1 Å². The molecule has 0 radical (unpaired) electrons. The third-order valence-electron chi connectivity index (χ3n) is 11.6. The molecule has 3 aliphatic rings. The number of imidazole rings is 1. The number of H-pyrrole nitrogens is 1. The standard InChI is InChI=1S/C44H52N6O4.4H2S/c1-26(2)28(5)42(51)50-22-8-10-39(50)41-45-25-37(47-41)32-17-15-30(16-18-32)29-11-13-31(14-12-29)33-19-20-35-34(23-33)24-36(46-35)38-9-7-21-49(38)43(52)40(27(3)4)48-44(53)54-6;;;;/h11-20,23,25-28,38-40H,7-10,21-22,24H2,1-6H3,(H,45,47)(H,48,53);4*1H2/t28-,38-,39-,40-;;;;/m0..../s1. The second-order valence-corrected chi connectivity index (χ2v) is 15.7. The fraction of sp³-hybridized carbons (Fsp3) is 0.432. The zero-order chi connectivity index (χ0) is 38.1. The summed E-state index contributed by atoms with van der Waals surface area (Å²) in [5, 5.41) is 2.73. The van der Waals surface area contributed by atoms with E-state index in [9.17, 15) is 14.4 Å². The van der Waals surface area contributed by atoms with E-state index in [4.69, 9.17) is 14.7 Å². The van der Waals surface area contributed by atoms with Crippen LogP contribution in [0.4, 0.5) is 10.5 Å². The van der Waals surface area contributed by atoms with Gasteiger partial charge in [0.25, 0.3) is 0 Å². The highest BCUT2D eigenvalue weighted by atomic mass is 32.1. The number of likely N-dealkylation sites (tertiary alicyclic amines) is 2. The normalized spacial score (nSPS) is 17.9. The van der Waals surface area contributed by atoms with Gasteiger partial charge in [-0.1, -0.05) is 89.2 Å². The summed E-state index contributed by atoms with van der Waals surface area (Å²) < 4.78 is 4.78. The Morgan fingerprint density at radius 3 is 1.83 bits per heavy atom. The van der Waals surface area contributed by atoms with E-state index in [-0.39, 0.29) is 89.7 Å². The largest absolute Gasteiger partial charge is 0.453 e. The Kier molecular flexibility index (Phi) is 17.5. The molecule has 1 aromatic heterocycles. The molecule has 0 aliphatic carbocycles. The lowest BCUT2D eigenvalue weighted by molar-refractivity contribution is -0.137. The number of alkyl carbamates (subject to hydrolysis) is 1. The molecule has 0 spiro atoms. The van der Waals surface area contributed by atoms with Crippen molar-refractivity contribution in [2.75, 3.05) is 20.2 Å². The second kappa shape index (κ2) is 20.9. The molecule has 14 heteroatoms. The van der Waals surface area contributed by atoms with E-state index in [1.807, 2.05) is 36.8 Å². The average molecular weight is 865 g/mol. The van der Waals surface area contributed by atoms with E-state index in [0.29, 0.717) is 18.9 Å². The van der Waals surface area contributed by atoms with Crippen LogP contribution in [0.25, 0.3) is 33.5 Å². The maximum Gasteiger partial charge on any atom is 0.407 e. The lowest BCUT2D eigenvalue weighted by Gasteiger charge is -2.30. The first kappa shape index (κ1) is 48.5. The number of hydrogen-bond acceptors (Lipinski definition) is 6. The fourth-order valence-corrected chi connectivity index (χ4v) is 8.06. The molecule has 3 amide bonds. The minimum Gasteiger partial charge on any atom is -0.453 e. The van der Waals surface area contributed by atoms with E-state index in [1.54, 1.807) is 0 Å². The highest BCUT2D eigenvalue weighted by molar-refractivity contribution is 7.59. The van der Waals surface area contributed by atoms with Crippen molar-refractivity contribution in [2.45, 2.75) is 84.8 Å². The summed E-state index contributed by atoms with van der Waals surface area (Å²) >= 11 is 0. The minimum atomic E-state index is -0.648. The maximum absolute atomic E-state index is 13.6. The lowest BCUT2D eigenvalue weighted by Crippen LogP contribution is -2.53. The Morgan fingerprint density at radius 2 is 1.26 bits per heavy atom. The molecule has 0 bridgehead atoms. The lowest BCUT2D eigenvalue weighted by atomic mass is 9.96. The van der Waals surface area contributed by atoms with Gasteiger partial charge in [-0.3, -0.25) is 14.6 Å². The highest BCUT2D eigenvalue weighted by Crippen LogP contribution is 2.37. The molecule has 3 aliphatic heterocycles. The third-order valence-corrected chi connectivity index (χ3v) is 11.6. The van der Waals surface area contributed by atoms with Gasteiger partial charge in [0, 0.05) is 31.1 Å². The topological polar surface area (TPSA) is 120 Å². The first-order valence-electron chi connectivity index (χ1n) is 19.4. The SMILES string of the molecule is COC(=O)N[C@H](C(=O)N1CCC[C@H]1C1=Nc2ccc(-c3ccc(-c4ccc(-c5cnc([C@@H]6CCCN6C(=O)[C@@H](C)C(C)C)[nH]5)cc4)cc3)cc2C1)C(C)C.S.S.S.S. The number of nitrogens with one attached hydrogen (secondary N) is 2. The summed E-state index contributed by atoms with van der Waals surface area (Å²) in [6.45, 7) is 11.5. The third kappa shape index (κ3) is 10.1. The molecular weight excluding hydrogens is 805 g/mol. The molecule has 314 valence electrons. The molecule has 2 fully saturated rings. The zero-order valence-electron chi connectivity index (χ0n) is 34.3. The fourth-order valence-electron chi connectivity index (χ4n) is 8.06. The van der Waals surface area contributed by atoms with Gasteiger partial charge in [-0.2, -0.15) is 54.0 Å². The van der Waals surface area contributed by atoms with Gasteiger partial charge in [0.05, 0.1) is 36.8 Å². The van der Waals surface area contributed by atoms with Crippen LogP contribution in [-0.2, 0) is 20.7 Å². The summed E-state index contributed by atoms with van der Waals surface area (Å²) in [6, 6.07) is 22.8. The number of aromatic nitrogens is 2. The molecule has 3 aromatic carbocycles. The molecule has 7 rings (SSSR count). The number of methoxy groups -OCH3 is 1. The first-order valence-corrected chi connectivity index (χ1v) is 19.4. The maximum atomic E-state index is 13.6. The van der Waals surface area contributed by atoms with Crippen molar-refractivity contribution in [1.82, 2.24) is 25.1 Å². The van der Waals surface area contributed by atoms with Crippen LogP contribution in [0, 0.1) is 17.8 Å². The molecule has 0 saturated carbocycles. The number of nitrogens with zero attached hydrogens (tertiary/aromatic N) is 4. The van der Waals surface area contributed by atoms with Crippen molar-refractivity contribution in [3.8, 4) is 33.5 Å². The van der Waals surface area contributed by atoms with E-state index in [0.717, 1.165) is 88.5 Å². The summed E-state index contributed by atoms with van der Waals surface area (Å²) in [5.74, 6) is 1.22. The molecule has 2 N–H and O–H groups in total. The molecule has 0 unspecified atom stereocenters. The predicted octanol–water partition coefficient (Wildman–Crippen LogP) is 8.82. The van der Waals surface area contributed by atoms with Crippen LogP contribution in [0.2, 0.25) is 0 Å². The highest BCUT2D eigenvalue weighted by Gasteiger charge is 2.39. The van der Waals surface area contributed by atoms with E-state index >= 15 is 0 Å². The van der Waals surface area contributed by atoms with Gasteiger partial charge >= 0.3 is 6.09 Å². The number of hydrogen-bond donors (Lipinski definition) is 2. The number of fused-ring (bicyclic) bond motifs is 1. The average Bonchev–Trinajstić information content (AvgIpc) is 4.02. The van der Waals surface area contributed by atoms with Gasteiger partial charge in [0.2, 0.25) is 11.8 Å². The molecular formula is C44H60N6O4S4. The first-order chi connectivity index (χ1) is 26.0. The smallest absolute Gasteiger partial charge is 0.407 e. The van der Waals surface area contributed by atoms with Crippen LogP contribution < -0.4 is 5.32 Å². The van der Waals surface area contributed by atoms with Gasteiger partial charge < -0.3 is 24.8 Å². The molecule has 4 atom stereocenters. The number of ether oxygens (including phenoxy) is 1. The van der Waals surface area contributed by atoms with Gasteiger partial charge in [0.1, 0.15) is 11.9 Å². The number of rotatable bonds is 10. The molecule has 10 nitrogen and oxygen atoms in total.